The van der Waals surface area contributed by atoms with Crippen LogP contribution in [0.3, 0.4) is 0 Å². The molecule has 0 radical (unpaired) electrons. The van der Waals surface area contributed by atoms with Gasteiger partial charge in [-0.2, -0.15) is 0 Å². The van der Waals surface area contributed by atoms with Gasteiger partial charge in [-0.05, 0) is 48.1 Å². The lowest BCUT2D eigenvalue weighted by molar-refractivity contribution is 0.628. The lowest BCUT2D eigenvalue weighted by atomic mass is 10.1. The van der Waals surface area contributed by atoms with Crippen LogP contribution in [0.15, 0.2) is 54.9 Å². The summed E-state index contributed by atoms with van der Waals surface area (Å²) in [4.78, 5) is 7.59. The monoisotopic (exact) mass is 389 g/mol. The molecule has 2 heterocycles. The maximum Gasteiger partial charge on any atom is 0.205 e. The number of fused-ring (bicyclic) bond motifs is 1. The molecule has 3 nitrogen and oxygen atoms in total. The fourth-order valence-corrected chi connectivity index (χ4v) is 3.40. The fraction of sp³-hybridized carbons (Fsp3) is 0. The van der Waals surface area contributed by atoms with E-state index < -0.39 is 0 Å². The Kier molecular flexibility index (Phi) is 4.07. The summed E-state index contributed by atoms with van der Waals surface area (Å²) in [5.74, 6) is -0.291. The average Bonchev–Trinajstić information content (AvgIpc) is 3.02. The van der Waals surface area contributed by atoms with E-state index in [2.05, 4.69) is 9.97 Å². The van der Waals surface area contributed by atoms with Crippen LogP contribution in [-0.4, -0.2) is 14.4 Å². The molecule has 2 aromatic heterocycles. The molecule has 0 fully saturated rings. The second-order valence-corrected chi connectivity index (χ2v) is 6.68. The Morgan fingerprint density at radius 3 is 2.52 bits per heavy atom. The van der Waals surface area contributed by atoms with Crippen molar-refractivity contribution >= 4 is 41.1 Å². The summed E-state index contributed by atoms with van der Waals surface area (Å²) < 4.78 is 15.4. The summed E-state index contributed by atoms with van der Waals surface area (Å²) >= 11 is 17.6. The first-order valence-corrected chi connectivity index (χ1v) is 8.51. The number of H-pyrrole nitrogens is 1. The second kappa shape index (κ2) is 6.26. The maximum atomic E-state index is 13.2. The van der Waals surface area contributed by atoms with Gasteiger partial charge in [-0.3, -0.25) is 4.40 Å². The number of benzene rings is 2. The Balaban J connectivity index is 1.96. The van der Waals surface area contributed by atoms with Gasteiger partial charge in [-0.15, -0.1) is 0 Å². The van der Waals surface area contributed by atoms with Crippen molar-refractivity contribution in [1.29, 1.82) is 0 Å². The number of rotatable bonds is 2. The SMILES string of the molecule is Fc1ccc(-c2cnc(=S)n3cc(-c4ccc(Cl)cc4Cl)[nH]c23)cc1. The first-order valence-electron chi connectivity index (χ1n) is 7.35. The molecule has 0 aliphatic rings. The summed E-state index contributed by atoms with van der Waals surface area (Å²) in [6, 6.07) is 11.5. The van der Waals surface area contributed by atoms with Crippen molar-refractivity contribution in [1.82, 2.24) is 14.4 Å². The average molecular weight is 390 g/mol. The lowest BCUT2D eigenvalue weighted by Gasteiger charge is -2.04. The van der Waals surface area contributed by atoms with Crippen LogP contribution in [0.4, 0.5) is 4.39 Å². The highest BCUT2D eigenvalue weighted by Gasteiger charge is 2.12. The van der Waals surface area contributed by atoms with Crippen LogP contribution in [0.5, 0.6) is 0 Å². The van der Waals surface area contributed by atoms with E-state index in [4.69, 9.17) is 35.4 Å². The van der Waals surface area contributed by atoms with Crippen LogP contribution in [0, 0.1) is 10.6 Å². The predicted molar refractivity (Wildman–Crippen MR) is 101 cm³/mol. The Labute approximate surface area is 157 Å². The van der Waals surface area contributed by atoms with E-state index in [0.717, 1.165) is 28.0 Å². The van der Waals surface area contributed by atoms with Crippen molar-refractivity contribution in [3.8, 4) is 22.4 Å². The summed E-state index contributed by atoms with van der Waals surface area (Å²) in [6.07, 6.45) is 3.52. The molecule has 0 aliphatic heterocycles. The largest absolute Gasteiger partial charge is 0.339 e. The molecule has 0 saturated heterocycles. The van der Waals surface area contributed by atoms with Crippen LogP contribution in [0.25, 0.3) is 28.0 Å². The molecule has 2 aromatic carbocycles. The molecule has 0 saturated carbocycles. The number of halogens is 3. The third-order valence-electron chi connectivity index (χ3n) is 3.89. The number of aromatic amines is 1. The van der Waals surface area contributed by atoms with Crippen LogP contribution in [0.2, 0.25) is 10.0 Å². The zero-order valence-corrected chi connectivity index (χ0v) is 15.0. The molecule has 4 rings (SSSR count). The van der Waals surface area contributed by atoms with Crippen molar-refractivity contribution in [2.24, 2.45) is 0 Å². The number of nitrogens with zero attached hydrogens (tertiary/aromatic N) is 2. The van der Waals surface area contributed by atoms with E-state index in [0.29, 0.717) is 14.8 Å². The Hall–Kier alpha value is -2.21. The van der Waals surface area contributed by atoms with E-state index >= 15 is 0 Å². The van der Waals surface area contributed by atoms with Gasteiger partial charge in [0.2, 0.25) is 4.77 Å². The van der Waals surface area contributed by atoms with E-state index in [1.165, 1.54) is 12.1 Å². The van der Waals surface area contributed by atoms with E-state index in [1.807, 2.05) is 12.3 Å². The number of aromatic nitrogens is 3. The molecular weight excluding hydrogens is 380 g/mol. The number of hydrogen-bond donors (Lipinski definition) is 1. The van der Waals surface area contributed by atoms with Crippen LogP contribution in [-0.2, 0) is 0 Å². The molecule has 0 atom stereocenters. The van der Waals surface area contributed by atoms with Crippen molar-refractivity contribution < 1.29 is 4.39 Å². The quantitative estimate of drug-likeness (QED) is 0.415. The molecular formula is C18H10Cl2FN3S. The molecule has 1 N–H and O–H groups in total. The van der Waals surface area contributed by atoms with Crippen molar-refractivity contribution in [2.45, 2.75) is 0 Å². The molecule has 7 heteroatoms. The minimum Gasteiger partial charge on any atom is -0.339 e. The van der Waals surface area contributed by atoms with Crippen LogP contribution < -0.4 is 0 Å². The maximum absolute atomic E-state index is 13.2. The normalized spacial score (nSPS) is 11.2. The summed E-state index contributed by atoms with van der Waals surface area (Å²) in [5.41, 5.74) is 3.98. The number of nitrogens with one attached hydrogen (secondary N) is 1. The summed E-state index contributed by atoms with van der Waals surface area (Å²) in [7, 11) is 0. The molecule has 0 amide bonds. The molecule has 0 unspecified atom stereocenters. The topological polar surface area (TPSA) is 33.1 Å². The van der Waals surface area contributed by atoms with Gasteiger partial charge in [0.15, 0.2) is 0 Å². The zero-order chi connectivity index (χ0) is 17.6. The molecule has 0 bridgehead atoms. The molecule has 124 valence electrons. The van der Waals surface area contributed by atoms with Gasteiger partial charge in [0, 0.05) is 28.5 Å². The first kappa shape index (κ1) is 16.3. The summed E-state index contributed by atoms with van der Waals surface area (Å²) in [5, 5.41) is 1.09. The lowest BCUT2D eigenvalue weighted by Crippen LogP contribution is -1.92. The third kappa shape index (κ3) is 2.95. The highest BCUT2D eigenvalue weighted by atomic mass is 35.5. The number of hydrogen-bond acceptors (Lipinski definition) is 2. The Bertz CT molecular complexity index is 1150. The molecule has 0 spiro atoms. The van der Waals surface area contributed by atoms with E-state index in [-0.39, 0.29) is 5.82 Å². The number of imidazole rings is 1. The Morgan fingerprint density at radius 1 is 1.04 bits per heavy atom. The van der Waals surface area contributed by atoms with Gasteiger partial charge in [0.05, 0.1) is 10.7 Å². The minimum atomic E-state index is -0.291. The molecule has 4 aromatic rings. The highest BCUT2D eigenvalue weighted by Crippen LogP contribution is 2.32. The fourth-order valence-electron chi connectivity index (χ4n) is 2.69. The van der Waals surface area contributed by atoms with Crippen molar-refractivity contribution in [3.05, 3.63) is 75.5 Å². The van der Waals surface area contributed by atoms with Crippen LogP contribution >= 0.6 is 35.4 Å². The minimum absolute atomic E-state index is 0.291. The van der Waals surface area contributed by atoms with Gasteiger partial charge in [0.25, 0.3) is 0 Å². The third-order valence-corrected chi connectivity index (χ3v) is 4.74. The van der Waals surface area contributed by atoms with Gasteiger partial charge in [-0.1, -0.05) is 35.3 Å². The summed E-state index contributed by atoms with van der Waals surface area (Å²) in [6.45, 7) is 0. The standard InChI is InChI=1S/C18H10Cl2FN3S/c19-11-3-6-13(15(20)7-11)16-9-24-17(23-16)14(8-22-18(24)25)10-1-4-12(21)5-2-10/h1-9,23H. The van der Waals surface area contributed by atoms with Crippen molar-refractivity contribution in [2.75, 3.05) is 0 Å². The van der Waals surface area contributed by atoms with Crippen molar-refractivity contribution in [3.63, 3.8) is 0 Å². The highest BCUT2D eigenvalue weighted by molar-refractivity contribution is 7.71. The van der Waals surface area contributed by atoms with Gasteiger partial charge < -0.3 is 4.98 Å². The second-order valence-electron chi connectivity index (χ2n) is 5.47. The first-order chi connectivity index (χ1) is 12.0. The van der Waals surface area contributed by atoms with Gasteiger partial charge in [-0.25, -0.2) is 9.37 Å². The Morgan fingerprint density at radius 2 is 1.80 bits per heavy atom. The van der Waals surface area contributed by atoms with E-state index in [9.17, 15) is 4.39 Å². The smallest absolute Gasteiger partial charge is 0.205 e. The van der Waals surface area contributed by atoms with Gasteiger partial charge >= 0.3 is 0 Å². The molecule has 25 heavy (non-hydrogen) atoms. The van der Waals surface area contributed by atoms with E-state index in [1.54, 1.807) is 34.9 Å². The predicted octanol–water partition coefficient (Wildman–Crippen LogP) is 6.17. The van der Waals surface area contributed by atoms with Crippen LogP contribution in [0.1, 0.15) is 0 Å². The zero-order valence-electron chi connectivity index (χ0n) is 12.6. The molecule has 0 aliphatic carbocycles. The van der Waals surface area contributed by atoms with Gasteiger partial charge in [0.1, 0.15) is 11.5 Å².